The van der Waals surface area contributed by atoms with Gasteiger partial charge in [-0.15, -0.1) is 11.8 Å². The lowest BCUT2D eigenvalue weighted by Crippen LogP contribution is -2.54. The van der Waals surface area contributed by atoms with Crippen molar-refractivity contribution in [2.24, 2.45) is 11.8 Å². The molecule has 3 unspecified atom stereocenters. The van der Waals surface area contributed by atoms with Crippen molar-refractivity contribution in [1.29, 1.82) is 0 Å². The van der Waals surface area contributed by atoms with Crippen LogP contribution in [0, 0.1) is 11.8 Å². The minimum absolute atomic E-state index is 0.0538. The maximum Gasteiger partial charge on any atom is 0.327 e. The SMILES string of the molecule is CC(C)C1SCC(C(=O)O)N1C(=O)NC(C)C1CCCC1. The minimum atomic E-state index is -0.908. The van der Waals surface area contributed by atoms with E-state index in [2.05, 4.69) is 5.32 Å². The number of nitrogens with zero attached hydrogens (tertiary/aromatic N) is 1. The number of thioether (sulfide) groups is 1. The van der Waals surface area contributed by atoms with E-state index in [9.17, 15) is 14.7 Å². The van der Waals surface area contributed by atoms with Crippen LogP contribution in [-0.4, -0.2) is 45.2 Å². The van der Waals surface area contributed by atoms with Gasteiger partial charge in [-0.25, -0.2) is 9.59 Å². The van der Waals surface area contributed by atoms with Crippen LogP contribution in [0.5, 0.6) is 0 Å². The summed E-state index contributed by atoms with van der Waals surface area (Å²) < 4.78 is 0. The molecular formula is C15H26N2O3S. The fourth-order valence-corrected chi connectivity index (χ4v) is 4.80. The molecule has 0 radical (unpaired) electrons. The molecule has 0 bridgehead atoms. The number of carboxylic acid groups (broad SMARTS) is 1. The highest BCUT2D eigenvalue weighted by Gasteiger charge is 2.43. The highest BCUT2D eigenvalue weighted by molar-refractivity contribution is 8.00. The maximum absolute atomic E-state index is 12.6. The van der Waals surface area contributed by atoms with Crippen LogP contribution in [0.25, 0.3) is 0 Å². The Kier molecular flexibility index (Phi) is 5.41. The van der Waals surface area contributed by atoms with E-state index in [4.69, 9.17) is 0 Å². The molecule has 0 aromatic carbocycles. The van der Waals surface area contributed by atoms with E-state index in [0.717, 1.165) is 12.8 Å². The first-order valence-electron chi connectivity index (χ1n) is 7.85. The van der Waals surface area contributed by atoms with Crippen LogP contribution in [0.2, 0.25) is 0 Å². The molecule has 5 nitrogen and oxygen atoms in total. The van der Waals surface area contributed by atoms with Crippen molar-refractivity contribution in [2.75, 3.05) is 5.75 Å². The van der Waals surface area contributed by atoms with E-state index in [-0.39, 0.29) is 23.4 Å². The molecular weight excluding hydrogens is 288 g/mol. The second-order valence-electron chi connectivity index (χ2n) is 6.51. The molecule has 2 N–H and O–H groups in total. The van der Waals surface area contributed by atoms with Crippen molar-refractivity contribution in [3.8, 4) is 0 Å². The second-order valence-corrected chi connectivity index (χ2v) is 7.66. The average Bonchev–Trinajstić information content (AvgIpc) is 3.07. The van der Waals surface area contributed by atoms with E-state index in [1.54, 1.807) is 16.7 Å². The largest absolute Gasteiger partial charge is 0.480 e. The van der Waals surface area contributed by atoms with E-state index in [1.165, 1.54) is 12.8 Å². The predicted octanol–water partition coefficient (Wildman–Crippen LogP) is 2.76. The third kappa shape index (κ3) is 3.65. The molecule has 1 aliphatic carbocycles. The van der Waals surface area contributed by atoms with Crippen molar-refractivity contribution < 1.29 is 14.7 Å². The molecule has 2 aliphatic rings. The summed E-state index contributed by atoms with van der Waals surface area (Å²) in [5, 5.41) is 12.3. The van der Waals surface area contributed by atoms with Crippen LogP contribution in [-0.2, 0) is 4.79 Å². The van der Waals surface area contributed by atoms with Crippen molar-refractivity contribution in [3.63, 3.8) is 0 Å². The van der Waals surface area contributed by atoms with Crippen LogP contribution >= 0.6 is 11.8 Å². The average molecular weight is 314 g/mol. The lowest BCUT2D eigenvalue weighted by Gasteiger charge is -2.32. The predicted molar refractivity (Wildman–Crippen MR) is 84.3 cm³/mol. The Hall–Kier alpha value is -0.910. The van der Waals surface area contributed by atoms with Crippen LogP contribution in [0.1, 0.15) is 46.5 Å². The molecule has 0 spiro atoms. The zero-order chi connectivity index (χ0) is 15.6. The molecule has 2 fully saturated rings. The van der Waals surface area contributed by atoms with Gasteiger partial charge in [-0.1, -0.05) is 26.7 Å². The van der Waals surface area contributed by atoms with E-state index < -0.39 is 12.0 Å². The van der Waals surface area contributed by atoms with E-state index >= 15 is 0 Å². The molecule has 0 aromatic rings. The van der Waals surface area contributed by atoms with E-state index in [1.807, 2.05) is 20.8 Å². The molecule has 21 heavy (non-hydrogen) atoms. The van der Waals surface area contributed by atoms with Crippen molar-refractivity contribution in [3.05, 3.63) is 0 Å². The Bertz CT molecular complexity index is 396. The molecule has 0 aromatic heterocycles. The number of rotatable bonds is 4. The molecule has 6 heteroatoms. The zero-order valence-electron chi connectivity index (χ0n) is 13.0. The number of hydrogen-bond donors (Lipinski definition) is 2. The Morgan fingerprint density at radius 2 is 1.86 bits per heavy atom. The number of urea groups is 1. The van der Waals surface area contributed by atoms with Gasteiger partial charge < -0.3 is 10.4 Å². The van der Waals surface area contributed by atoms with Gasteiger partial charge in [0.05, 0.1) is 5.37 Å². The molecule has 2 amide bonds. The van der Waals surface area contributed by atoms with Crippen LogP contribution in [0.4, 0.5) is 4.79 Å². The van der Waals surface area contributed by atoms with Gasteiger partial charge in [-0.3, -0.25) is 4.90 Å². The number of hydrogen-bond acceptors (Lipinski definition) is 3. The highest BCUT2D eigenvalue weighted by Crippen LogP contribution is 2.34. The number of amides is 2. The fraction of sp³-hybridized carbons (Fsp3) is 0.867. The van der Waals surface area contributed by atoms with Gasteiger partial charge in [-0.05, 0) is 31.6 Å². The van der Waals surface area contributed by atoms with Crippen LogP contribution < -0.4 is 5.32 Å². The summed E-state index contributed by atoms with van der Waals surface area (Å²) in [4.78, 5) is 25.5. The minimum Gasteiger partial charge on any atom is -0.480 e. The highest BCUT2D eigenvalue weighted by atomic mass is 32.2. The summed E-state index contributed by atoms with van der Waals surface area (Å²) >= 11 is 1.57. The molecule has 3 atom stereocenters. The number of nitrogens with one attached hydrogen (secondary N) is 1. The first kappa shape index (κ1) is 16.5. The van der Waals surface area contributed by atoms with E-state index in [0.29, 0.717) is 11.7 Å². The summed E-state index contributed by atoms with van der Waals surface area (Å²) in [6, 6.07) is -0.809. The number of carbonyl (C=O) groups is 2. The Balaban J connectivity index is 2.04. The number of carbonyl (C=O) groups excluding carboxylic acids is 1. The summed E-state index contributed by atoms with van der Waals surface area (Å²) in [6.07, 6.45) is 4.78. The van der Waals surface area contributed by atoms with Crippen molar-refractivity contribution in [1.82, 2.24) is 10.2 Å². The van der Waals surface area contributed by atoms with Gasteiger partial charge in [0.15, 0.2) is 0 Å². The molecule has 1 saturated carbocycles. The Morgan fingerprint density at radius 1 is 1.24 bits per heavy atom. The Morgan fingerprint density at radius 3 is 2.38 bits per heavy atom. The van der Waals surface area contributed by atoms with Crippen molar-refractivity contribution in [2.45, 2.75) is 63.9 Å². The summed E-state index contributed by atoms with van der Waals surface area (Å²) in [5.41, 5.74) is 0. The lowest BCUT2D eigenvalue weighted by atomic mass is 10.00. The van der Waals surface area contributed by atoms with Gasteiger partial charge in [0.1, 0.15) is 6.04 Å². The fourth-order valence-electron chi connectivity index (χ4n) is 3.33. The number of carboxylic acids is 1. The first-order valence-corrected chi connectivity index (χ1v) is 8.90. The van der Waals surface area contributed by atoms with Gasteiger partial charge in [0.25, 0.3) is 0 Å². The van der Waals surface area contributed by atoms with Crippen LogP contribution in [0.15, 0.2) is 0 Å². The second kappa shape index (κ2) is 6.90. The molecule has 1 aliphatic heterocycles. The smallest absolute Gasteiger partial charge is 0.327 e. The first-order chi connectivity index (χ1) is 9.91. The Labute approximate surface area is 130 Å². The molecule has 2 rings (SSSR count). The van der Waals surface area contributed by atoms with Gasteiger partial charge in [0, 0.05) is 11.8 Å². The summed E-state index contributed by atoms with van der Waals surface area (Å²) in [7, 11) is 0. The number of aliphatic carboxylic acids is 1. The monoisotopic (exact) mass is 314 g/mol. The van der Waals surface area contributed by atoms with Crippen LogP contribution in [0.3, 0.4) is 0 Å². The molecule has 1 saturated heterocycles. The van der Waals surface area contributed by atoms with Crippen molar-refractivity contribution >= 4 is 23.8 Å². The normalized spacial score (nSPS) is 28.1. The van der Waals surface area contributed by atoms with Gasteiger partial charge in [-0.2, -0.15) is 0 Å². The summed E-state index contributed by atoms with van der Waals surface area (Å²) in [6.45, 7) is 6.10. The zero-order valence-corrected chi connectivity index (χ0v) is 13.9. The molecule has 1 heterocycles. The third-order valence-electron chi connectivity index (χ3n) is 4.58. The third-order valence-corrected chi connectivity index (χ3v) is 6.20. The quantitative estimate of drug-likeness (QED) is 0.837. The van der Waals surface area contributed by atoms with Gasteiger partial charge >= 0.3 is 12.0 Å². The molecule has 120 valence electrons. The van der Waals surface area contributed by atoms with Gasteiger partial charge in [0.2, 0.25) is 0 Å². The lowest BCUT2D eigenvalue weighted by molar-refractivity contribution is -0.141. The standard InChI is InChI=1S/C15H26N2O3S/c1-9(2)13-17(12(8-21-13)14(18)19)15(20)16-10(3)11-6-4-5-7-11/h9-13H,4-8H2,1-3H3,(H,16,20)(H,18,19). The topological polar surface area (TPSA) is 69.6 Å². The maximum atomic E-state index is 12.6. The summed E-state index contributed by atoms with van der Waals surface area (Å²) in [5.74, 6) is 0.342.